The summed E-state index contributed by atoms with van der Waals surface area (Å²) >= 11 is 0. The Balaban J connectivity index is 1.53. The lowest BCUT2D eigenvalue weighted by Gasteiger charge is -2.15. The van der Waals surface area contributed by atoms with Gasteiger partial charge in [-0.15, -0.1) is 6.58 Å². The summed E-state index contributed by atoms with van der Waals surface area (Å²) in [5.74, 6) is 3.04. The van der Waals surface area contributed by atoms with Crippen molar-refractivity contribution in [2.45, 2.75) is 38.4 Å². The number of fused-ring (bicyclic) bond motifs is 1. The third kappa shape index (κ3) is 4.35. The van der Waals surface area contributed by atoms with Crippen LogP contribution in [0.4, 0.5) is 0 Å². The van der Waals surface area contributed by atoms with Gasteiger partial charge in [-0.3, -0.25) is 0 Å². The van der Waals surface area contributed by atoms with Gasteiger partial charge in [0.15, 0.2) is 0 Å². The highest BCUT2D eigenvalue weighted by Gasteiger charge is 2.32. The Morgan fingerprint density at radius 1 is 1.00 bits per heavy atom. The number of methoxy groups -OCH3 is 1. The zero-order valence-electron chi connectivity index (χ0n) is 17.6. The zero-order chi connectivity index (χ0) is 20.9. The second-order valence-electron chi connectivity index (χ2n) is 7.76. The molecule has 4 rings (SSSR count). The van der Waals surface area contributed by atoms with Gasteiger partial charge in [-0.05, 0) is 41.8 Å². The fraction of sp³-hybridized carbons (Fsp3) is 0.259. The summed E-state index contributed by atoms with van der Waals surface area (Å²) in [6, 6.07) is 22.7. The van der Waals surface area contributed by atoms with E-state index in [1.165, 1.54) is 11.1 Å². The molecule has 1 heterocycles. The molecular formula is C27H28O3. The number of hydrogen-bond donors (Lipinski definition) is 0. The van der Waals surface area contributed by atoms with E-state index in [0.717, 1.165) is 41.2 Å². The van der Waals surface area contributed by atoms with E-state index in [-0.39, 0.29) is 6.10 Å². The first kappa shape index (κ1) is 20.1. The van der Waals surface area contributed by atoms with Crippen molar-refractivity contribution in [2.75, 3.05) is 7.11 Å². The molecule has 0 N–H and O–H groups in total. The average molecular weight is 401 g/mol. The van der Waals surface area contributed by atoms with Crippen LogP contribution in [0.2, 0.25) is 0 Å². The zero-order valence-corrected chi connectivity index (χ0v) is 17.6. The molecule has 30 heavy (non-hydrogen) atoms. The second-order valence-corrected chi connectivity index (χ2v) is 7.76. The molecule has 0 bridgehead atoms. The summed E-state index contributed by atoms with van der Waals surface area (Å²) in [5.41, 5.74) is 4.72. The minimum Gasteiger partial charge on any atom is -0.497 e. The molecule has 0 radical (unpaired) electrons. The summed E-state index contributed by atoms with van der Waals surface area (Å²) in [7, 11) is 1.69. The predicted molar refractivity (Wildman–Crippen MR) is 121 cm³/mol. The average Bonchev–Trinajstić information content (AvgIpc) is 3.08. The molecule has 154 valence electrons. The van der Waals surface area contributed by atoms with E-state index >= 15 is 0 Å². The van der Waals surface area contributed by atoms with Gasteiger partial charge in [0.2, 0.25) is 0 Å². The van der Waals surface area contributed by atoms with Gasteiger partial charge in [-0.25, -0.2) is 0 Å². The molecule has 3 aromatic rings. The monoisotopic (exact) mass is 400 g/mol. The smallest absolute Gasteiger partial charge is 0.123 e. The third-order valence-electron chi connectivity index (χ3n) is 5.72. The minimum absolute atomic E-state index is 0.106. The van der Waals surface area contributed by atoms with Crippen LogP contribution in [0.1, 0.15) is 35.1 Å². The highest BCUT2D eigenvalue weighted by atomic mass is 16.5. The maximum absolute atomic E-state index is 6.36. The highest BCUT2D eigenvalue weighted by Crippen LogP contribution is 2.43. The summed E-state index contributed by atoms with van der Waals surface area (Å²) in [5, 5.41) is 0. The highest BCUT2D eigenvalue weighted by molar-refractivity contribution is 5.51. The molecule has 1 aliphatic rings. The Morgan fingerprint density at radius 2 is 1.77 bits per heavy atom. The molecule has 0 spiro atoms. The van der Waals surface area contributed by atoms with Crippen LogP contribution in [-0.2, 0) is 19.4 Å². The quantitative estimate of drug-likeness (QED) is 0.427. The Labute approximate surface area is 178 Å². The molecule has 1 aliphatic heterocycles. The molecule has 3 aromatic carbocycles. The van der Waals surface area contributed by atoms with Crippen LogP contribution in [0.15, 0.2) is 79.4 Å². The van der Waals surface area contributed by atoms with Gasteiger partial charge < -0.3 is 14.2 Å². The minimum atomic E-state index is 0.106. The summed E-state index contributed by atoms with van der Waals surface area (Å²) in [6.07, 6.45) is 3.62. The summed E-state index contributed by atoms with van der Waals surface area (Å²) < 4.78 is 17.8. The van der Waals surface area contributed by atoms with Crippen LogP contribution in [-0.4, -0.2) is 13.2 Å². The van der Waals surface area contributed by atoms with Crippen molar-refractivity contribution in [1.82, 2.24) is 0 Å². The maximum atomic E-state index is 6.36. The van der Waals surface area contributed by atoms with Crippen molar-refractivity contribution in [2.24, 2.45) is 0 Å². The fourth-order valence-electron chi connectivity index (χ4n) is 3.94. The fourth-order valence-corrected chi connectivity index (χ4v) is 3.94. The first-order valence-corrected chi connectivity index (χ1v) is 10.4. The van der Waals surface area contributed by atoms with Gasteiger partial charge in [0.25, 0.3) is 0 Å². The molecular weight excluding hydrogens is 372 g/mol. The van der Waals surface area contributed by atoms with Gasteiger partial charge in [0.05, 0.1) is 7.11 Å². The summed E-state index contributed by atoms with van der Waals surface area (Å²) in [4.78, 5) is 0. The normalized spacial score (nSPS) is 17.1. The molecule has 3 nitrogen and oxygen atoms in total. The van der Waals surface area contributed by atoms with Crippen LogP contribution >= 0.6 is 0 Å². The van der Waals surface area contributed by atoms with Gasteiger partial charge >= 0.3 is 0 Å². The van der Waals surface area contributed by atoms with Crippen molar-refractivity contribution >= 4 is 0 Å². The molecule has 2 unspecified atom stereocenters. The maximum Gasteiger partial charge on any atom is 0.123 e. The van der Waals surface area contributed by atoms with Gasteiger partial charge in [-0.2, -0.15) is 0 Å². The molecule has 2 atom stereocenters. The van der Waals surface area contributed by atoms with Crippen LogP contribution in [0, 0.1) is 0 Å². The molecule has 0 fully saturated rings. The summed E-state index contributed by atoms with van der Waals surface area (Å²) in [6.45, 7) is 6.68. The van der Waals surface area contributed by atoms with Crippen molar-refractivity contribution in [1.29, 1.82) is 0 Å². The lowest BCUT2D eigenvalue weighted by molar-refractivity contribution is 0.211. The van der Waals surface area contributed by atoms with E-state index in [1.54, 1.807) is 7.11 Å². The van der Waals surface area contributed by atoms with Crippen molar-refractivity contribution in [3.8, 4) is 17.2 Å². The molecule has 0 saturated heterocycles. The van der Waals surface area contributed by atoms with Crippen LogP contribution in [0.25, 0.3) is 0 Å². The Kier molecular flexibility index (Phi) is 6.08. The van der Waals surface area contributed by atoms with Gasteiger partial charge in [-0.1, -0.05) is 55.5 Å². The number of allylic oxidation sites excluding steroid dienone is 1. The predicted octanol–water partition coefficient (Wildman–Crippen LogP) is 6.11. The van der Waals surface area contributed by atoms with E-state index in [4.69, 9.17) is 14.2 Å². The SMILES string of the molecule is C=CCc1cc2c(cc1OCc1ccccc1)C(C)C(Cc1ccc(OC)cc1)O2. The molecule has 0 aromatic heterocycles. The molecule has 0 saturated carbocycles. The topological polar surface area (TPSA) is 27.7 Å². The molecule has 0 aliphatic carbocycles. The van der Waals surface area contributed by atoms with Gasteiger partial charge in [0.1, 0.15) is 30.0 Å². The van der Waals surface area contributed by atoms with Crippen LogP contribution < -0.4 is 14.2 Å². The Hall–Kier alpha value is -3.20. The van der Waals surface area contributed by atoms with Crippen LogP contribution in [0.5, 0.6) is 17.2 Å². The van der Waals surface area contributed by atoms with Gasteiger partial charge in [0, 0.05) is 23.5 Å². The van der Waals surface area contributed by atoms with E-state index in [9.17, 15) is 0 Å². The first-order valence-electron chi connectivity index (χ1n) is 10.4. The van der Waals surface area contributed by atoms with E-state index in [1.807, 2.05) is 36.4 Å². The lowest BCUT2D eigenvalue weighted by atomic mass is 9.92. The molecule has 3 heteroatoms. The van der Waals surface area contributed by atoms with Crippen LogP contribution in [0.3, 0.4) is 0 Å². The first-order chi connectivity index (χ1) is 14.7. The lowest BCUT2D eigenvalue weighted by Crippen LogP contribution is -2.19. The van der Waals surface area contributed by atoms with Crippen molar-refractivity contribution in [3.63, 3.8) is 0 Å². The largest absolute Gasteiger partial charge is 0.497 e. The molecule has 0 amide bonds. The van der Waals surface area contributed by atoms with E-state index in [0.29, 0.717) is 12.5 Å². The second kappa shape index (κ2) is 9.08. The van der Waals surface area contributed by atoms with E-state index < -0.39 is 0 Å². The number of benzene rings is 3. The standard InChI is InChI=1S/C27H28O3/c1-4-8-22-16-27-24(17-26(22)29-18-21-9-6-5-7-10-21)19(2)25(30-27)15-20-11-13-23(28-3)14-12-20/h4-7,9-14,16-17,19,25H,1,8,15,18H2,2-3H3. The third-order valence-corrected chi connectivity index (χ3v) is 5.72. The number of rotatable bonds is 8. The van der Waals surface area contributed by atoms with E-state index in [2.05, 4.69) is 49.9 Å². The van der Waals surface area contributed by atoms with Crippen molar-refractivity contribution in [3.05, 3.63) is 102 Å². The number of hydrogen-bond acceptors (Lipinski definition) is 3. The Morgan fingerprint density at radius 3 is 2.47 bits per heavy atom. The number of ether oxygens (including phenoxy) is 3. The Bertz CT molecular complexity index is 993. The van der Waals surface area contributed by atoms with Crippen molar-refractivity contribution < 1.29 is 14.2 Å².